The fraction of sp³-hybridized carbons (Fsp3) is 0.375. The van der Waals surface area contributed by atoms with Crippen LogP contribution >= 0.6 is 0 Å². The maximum atomic E-state index is 14.6. The van der Waals surface area contributed by atoms with Crippen molar-refractivity contribution in [3.05, 3.63) is 101 Å². The van der Waals surface area contributed by atoms with E-state index in [9.17, 15) is 13.6 Å². The third-order valence-corrected chi connectivity index (χ3v) is 7.60. The van der Waals surface area contributed by atoms with E-state index in [2.05, 4.69) is 33.7 Å². The number of hydrogen-bond acceptors (Lipinski definition) is 4. The van der Waals surface area contributed by atoms with Crippen molar-refractivity contribution in [2.75, 3.05) is 33.4 Å². The molecule has 0 spiro atoms. The Labute approximate surface area is 234 Å². The number of rotatable bonds is 11. The van der Waals surface area contributed by atoms with Gasteiger partial charge in [-0.05, 0) is 67.7 Å². The van der Waals surface area contributed by atoms with Crippen LogP contribution in [0.3, 0.4) is 0 Å². The number of hydrogen-bond donors (Lipinski definition) is 0. The Morgan fingerprint density at radius 1 is 0.925 bits per heavy atom. The molecule has 0 N–H and O–H groups in total. The highest BCUT2D eigenvalue weighted by Crippen LogP contribution is 2.24. The van der Waals surface area contributed by atoms with Gasteiger partial charge in [-0.15, -0.1) is 0 Å². The first-order valence-corrected chi connectivity index (χ1v) is 14.0. The molecule has 4 aromatic rings. The highest BCUT2D eigenvalue weighted by atomic mass is 19.2. The van der Waals surface area contributed by atoms with Gasteiger partial charge in [-0.2, -0.15) is 0 Å². The van der Waals surface area contributed by atoms with E-state index in [0.29, 0.717) is 31.9 Å². The first-order chi connectivity index (χ1) is 19.5. The van der Waals surface area contributed by atoms with Gasteiger partial charge >= 0.3 is 0 Å². The second-order valence-corrected chi connectivity index (χ2v) is 10.4. The van der Waals surface area contributed by atoms with Gasteiger partial charge in [0.25, 0.3) is 5.91 Å². The highest BCUT2D eigenvalue weighted by Gasteiger charge is 2.24. The zero-order valence-corrected chi connectivity index (χ0v) is 23.0. The number of piperidine rings is 1. The van der Waals surface area contributed by atoms with Crippen LogP contribution in [-0.4, -0.2) is 58.6 Å². The van der Waals surface area contributed by atoms with Crippen LogP contribution in [0.1, 0.15) is 53.0 Å². The molecule has 3 aromatic carbocycles. The molecular formula is C32H36F2N4O2. The number of para-hydroxylation sites is 2. The second kappa shape index (κ2) is 13.2. The van der Waals surface area contributed by atoms with Crippen molar-refractivity contribution in [2.45, 2.75) is 45.3 Å². The van der Waals surface area contributed by atoms with Crippen LogP contribution in [-0.2, 0) is 24.4 Å². The third kappa shape index (κ3) is 6.40. The Morgan fingerprint density at radius 3 is 2.42 bits per heavy atom. The number of benzene rings is 3. The molecule has 8 heteroatoms. The van der Waals surface area contributed by atoms with Crippen LogP contribution in [0.5, 0.6) is 0 Å². The fourth-order valence-corrected chi connectivity index (χ4v) is 5.48. The first kappa shape index (κ1) is 27.9. The number of halogens is 2. The molecule has 0 atom stereocenters. The summed E-state index contributed by atoms with van der Waals surface area (Å²) in [6, 6.07) is 20.1. The minimum absolute atomic E-state index is 0.154. The predicted octanol–water partition coefficient (Wildman–Crippen LogP) is 6.03. The monoisotopic (exact) mass is 546 g/mol. The molecule has 1 aliphatic heterocycles. The fourth-order valence-electron chi connectivity index (χ4n) is 5.48. The van der Waals surface area contributed by atoms with Crippen molar-refractivity contribution in [1.82, 2.24) is 19.4 Å². The number of aromatic nitrogens is 2. The molecule has 0 saturated carbocycles. The third-order valence-electron chi connectivity index (χ3n) is 7.60. The minimum atomic E-state index is -1.13. The van der Waals surface area contributed by atoms with Crippen molar-refractivity contribution in [1.29, 1.82) is 0 Å². The van der Waals surface area contributed by atoms with E-state index < -0.39 is 17.5 Å². The minimum Gasteiger partial charge on any atom is -0.385 e. The zero-order chi connectivity index (χ0) is 27.9. The number of fused-ring (bicyclic) bond motifs is 1. The van der Waals surface area contributed by atoms with Crippen LogP contribution < -0.4 is 0 Å². The maximum Gasteiger partial charge on any atom is 0.257 e. The molecular weight excluding hydrogens is 510 g/mol. The summed E-state index contributed by atoms with van der Waals surface area (Å²) in [4.78, 5) is 22.5. The number of likely N-dealkylation sites (tertiary alicyclic amines) is 1. The molecule has 0 aliphatic carbocycles. The normalized spacial score (nSPS) is 14.1. The summed E-state index contributed by atoms with van der Waals surface area (Å²) in [5, 5.41) is 0. The molecule has 0 bridgehead atoms. The van der Waals surface area contributed by atoms with Crippen molar-refractivity contribution in [3.8, 4) is 0 Å². The van der Waals surface area contributed by atoms with Gasteiger partial charge in [-0.1, -0.05) is 48.9 Å². The average molecular weight is 547 g/mol. The van der Waals surface area contributed by atoms with Crippen molar-refractivity contribution >= 4 is 16.9 Å². The van der Waals surface area contributed by atoms with Gasteiger partial charge in [-0.3, -0.25) is 9.69 Å². The summed E-state index contributed by atoms with van der Waals surface area (Å²) in [7, 11) is 1.60. The molecule has 1 aliphatic rings. The van der Waals surface area contributed by atoms with E-state index in [1.807, 2.05) is 24.3 Å². The number of methoxy groups -OCH3 is 1. The van der Waals surface area contributed by atoms with E-state index in [4.69, 9.17) is 9.72 Å². The van der Waals surface area contributed by atoms with E-state index >= 15 is 0 Å². The quantitative estimate of drug-likeness (QED) is 0.216. The molecule has 2 heterocycles. The molecule has 1 saturated heterocycles. The number of nitrogens with zero attached hydrogens (tertiary/aromatic N) is 4. The first-order valence-electron chi connectivity index (χ1n) is 14.0. The van der Waals surface area contributed by atoms with Crippen LogP contribution in [0.15, 0.2) is 66.7 Å². The number of carbonyl (C=O) groups excluding carboxylic acids is 1. The van der Waals surface area contributed by atoms with Crippen LogP contribution in [0.2, 0.25) is 0 Å². The summed E-state index contributed by atoms with van der Waals surface area (Å²) < 4.78 is 36.0. The molecule has 1 fully saturated rings. The average Bonchev–Trinajstić information content (AvgIpc) is 3.32. The molecule has 6 nitrogen and oxygen atoms in total. The van der Waals surface area contributed by atoms with Crippen LogP contribution in [0, 0.1) is 11.6 Å². The number of amides is 1. The maximum absolute atomic E-state index is 14.6. The summed E-state index contributed by atoms with van der Waals surface area (Å²) in [6.07, 6.45) is 4.31. The Hall–Kier alpha value is -3.62. The molecule has 40 heavy (non-hydrogen) atoms. The lowest BCUT2D eigenvalue weighted by Gasteiger charge is -2.27. The van der Waals surface area contributed by atoms with E-state index in [1.165, 1.54) is 47.4 Å². The van der Waals surface area contributed by atoms with E-state index in [1.54, 1.807) is 7.11 Å². The van der Waals surface area contributed by atoms with Crippen LogP contribution in [0.25, 0.3) is 11.0 Å². The van der Waals surface area contributed by atoms with Gasteiger partial charge in [0.2, 0.25) is 0 Å². The summed E-state index contributed by atoms with van der Waals surface area (Å²) in [5.41, 5.74) is 3.99. The lowest BCUT2D eigenvalue weighted by molar-refractivity contribution is 0.0711. The number of imidazole rings is 1. The summed E-state index contributed by atoms with van der Waals surface area (Å²) in [6.45, 7) is 4.63. The van der Waals surface area contributed by atoms with Gasteiger partial charge in [-0.25, -0.2) is 13.8 Å². The standard InChI is InChI=1S/C32H36F2N4O2/c1-40-20-10-19-37(32(39)26-13-9-14-27(33)31(26)34)23-30-35-28-15-5-6-16-29(28)38(30)22-25-12-4-3-11-24(25)21-36-17-7-2-8-18-36/h3-6,9,11-16H,2,7-8,10,17-23H2,1H3. The Morgan fingerprint density at radius 2 is 1.65 bits per heavy atom. The van der Waals surface area contributed by atoms with Crippen molar-refractivity contribution in [3.63, 3.8) is 0 Å². The zero-order valence-electron chi connectivity index (χ0n) is 23.0. The Balaban J connectivity index is 1.48. The Kier molecular flexibility index (Phi) is 9.19. The topological polar surface area (TPSA) is 50.6 Å². The van der Waals surface area contributed by atoms with Gasteiger partial charge < -0.3 is 14.2 Å². The van der Waals surface area contributed by atoms with Gasteiger partial charge in [0.1, 0.15) is 5.82 Å². The van der Waals surface area contributed by atoms with E-state index in [0.717, 1.165) is 36.7 Å². The largest absolute Gasteiger partial charge is 0.385 e. The lowest BCUT2D eigenvalue weighted by Crippen LogP contribution is -2.34. The molecule has 1 amide bonds. The molecule has 5 rings (SSSR count). The highest BCUT2D eigenvalue weighted by molar-refractivity contribution is 5.94. The summed E-state index contributed by atoms with van der Waals surface area (Å²) >= 11 is 0. The van der Waals surface area contributed by atoms with Gasteiger partial charge in [0, 0.05) is 33.4 Å². The van der Waals surface area contributed by atoms with Crippen molar-refractivity contribution < 1.29 is 18.3 Å². The Bertz CT molecular complexity index is 1450. The smallest absolute Gasteiger partial charge is 0.257 e. The van der Waals surface area contributed by atoms with E-state index in [-0.39, 0.29) is 12.1 Å². The SMILES string of the molecule is COCCCN(Cc1nc2ccccc2n1Cc1ccccc1CN1CCCCC1)C(=O)c1cccc(F)c1F. The molecule has 1 aromatic heterocycles. The molecule has 210 valence electrons. The number of ether oxygens (including phenoxy) is 1. The number of carbonyl (C=O) groups is 1. The van der Waals surface area contributed by atoms with Gasteiger partial charge in [0.05, 0.1) is 23.1 Å². The van der Waals surface area contributed by atoms with Gasteiger partial charge in [0.15, 0.2) is 11.6 Å². The summed E-state index contributed by atoms with van der Waals surface area (Å²) in [5.74, 6) is -2.06. The lowest BCUT2D eigenvalue weighted by atomic mass is 10.0. The second-order valence-electron chi connectivity index (χ2n) is 10.4. The van der Waals surface area contributed by atoms with Crippen LogP contribution in [0.4, 0.5) is 8.78 Å². The predicted molar refractivity (Wildman–Crippen MR) is 152 cm³/mol. The molecule has 0 radical (unpaired) electrons. The van der Waals surface area contributed by atoms with Crippen molar-refractivity contribution in [2.24, 2.45) is 0 Å². The molecule has 0 unspecified atom stereocenters.